The van der Waals surface area contributed by atoms with Crippen LogP contribution in [0.2, 0.25) is 0 Å². The molecule has 30 heavy (non-hydrogen) atoms. The quantitative estimate of drug-likeness (QED) is 0.410. The number of pyridine rings is 2. The van der Waals surface area contributed by atoms with Crippen LogP contribution in [0.3, 0.4) is 0 Å². The zero-order valence-electron chi connectivity index (χ0n) is 16.4. The molecule has 3 aromatic rings. The van der Waals surface area contributed by atoms with E-state index in [1.54, 1.807) is 43.0 Å². The lowest BCUT2D eigenvalue weighted by Gasteiger charge is -2.30. The third-order valence-corrected chi connectivity index (χ3v) is 4.91. The standard InChI is InChI=1S/C22H23N5O3/c23-22(28)21(19-5-1-2-6-20(19)27(29)30)26(14-9-17-7-12-24-13-8-17)15-10-18-4-3-11-25-16-18/h1-8,11-13,16,21H,9-10,14-15H2,(H2,23,28). The summed E-state index contributed by atoms with van der Waals surface area (Å²) in [6.45, 7) is 1.00. The van der Waals surface area contributed by atoms with Crippen molar-refractivity contribution in [3.63, 3.8) is 0 Å². The zero-order valence-corrected chi connectivity index (χ0v) is 16.4. The van der Waals surface area contributed by atoms with Gasteiger partial charge in [-0.2, -0.15) is 0 Å². The van der Waals surface area contributed by atoms with Crippen molar-refractivity contribution in [3.8, 4) is 0 Å². The van der Waals surface area contributed by atoms with Crippen molar-refractivity contribution in [2.45, 2.75) is 18.9 Å². The van der Waals surface area contributed by atoms with E-state index in [2.05, 4.69) is 9.97 Å². The summed E-state index contributed by atoms with van der Waals surface area (Å²) >= 11 is 0. The van der Waals surface area contributed by atoms with E-state index in [9.17, 15) is 14.9 Å². The van der Waals surface area contributed by atoms with Crippen molar-refractivity contribution in [3.05, 3.63) is 100 Å². The first-order valence-electron chi connectivity index (χ1n) is 9.60. The Labute approximate surface area is 174 Å². The maximum Gasteiger partial charge on any atom is 0.274 e. The second-order valence-corrected chi connectivity index (χ2v) is 6.87. The summed E-state index contributed by atoms with van der Waals surface area (Å²) in [6.07, 6.45) is 8.18. The summed E-state index contributed by atoms with van der Waals surface area (Å²) < 4.78 is 0. The lowest BCUT2D eigenvalue weighted by molar-refractivity contribution is -0.385. The number of nitrogens with zero attached hydrogens (tertiary/aromatic N) is 4. The molecule has 0 saturated carbocycles. The molecular formula is C22H23N5O3. The number of aromatic nitrogens is 2. The van der Waals surface area contributed by atoms with Crippen LogP contribution in [-0.2, 0) is 17.6 Å². The highest BCUT2D eigenvalue weighted by Crippen LogP contribution is 2.29. The molecule has 8 heteroatoms. The molecule has 0 spiro atoms. The molecule has 0 bridgehead atoms. The highest BCUT2D eigenvalue weighted by Gasteiger charge is 2.31. The third-order valence-electron chi connectivity index (χ3n) is 4.91. The maximum absolute atomic E-state index is 12.5. The number of carbonyl (C=O) groups excluding carboxylic acids is 1. The fourth-order valence-electron chi connectivity index (χ4n) is 3.43. The molecule has 1 atom stereocenters. The number of rotatable bonds is 10. The Balaban J connectivity index is 1.90. The van der Waals surface area contributed by atoms with Crippen molar-refractivity contribution >= 4 is 11.6 Å². The van der Waals surface area contributed by atoms with Gasteiger partial charge in [0.05, 0.1) is 10.5 Å². The van der Waals surface area contributed by atoms with Crippen LogP contribution in [0, 0.1) is 10.1 Å². The third kappa shape index (κ3) is 5.45. The first-order chi connectivity index (χ1) is 14.6. The van der Waals surface area contributed by atoms with Gasteiger partial charge in [0.1, 0.15) is 6.04 Å². The van der Waals surface area contributed by atoms with Crippen molar-refractivity contribution in [1.82, 2.24) is 14.9 Å². The molecule has 1 unspecified atom stereocenters. The second kappa shape index (κ2) is 10.2. The molecule has 0 radical (unpaired) electrons. The molecule has 3 rings (SSSR count). The van der Waals surface area contributed by atoms with Crippen LogP contribution in [0.15, 0.2) is 73.3 Å². The molecule has 154 valence electrons. The van der Waals surface area contributed by atoms with Gasteiger partial charge < -0.3 is 5.73 Å². The predicted octanol–water partition coefficient (Wildman–Crippen LogP) is 2.70. The number of primary amides is 1. The van der Waals surface area contributed by atoms with Gasteiger partial charge in [-0.1, -0.05) is 24.3 Å². The molecule has 0 saturated heterocycles. The molecule has 0 aliphatic heterocycles. The monoisotopic (exact) mass is 405 g/mol. The average Bonchev–Trinajstić information content (AvgIpc) is 2.77. The van der Waals surface area contributed by atoms with E-state index in [0.717, 1.165) is 11.1 Å². The van der Waals surface area contributed by atoms with Gasteiger partial charge in [0.25, 0.3) is 5.69 Å². The van der Waals surface area contributed by atoms with Gasteiger partial charge in [-0.3, -0.25) is 29.8 Å². The fourth-order valence-corrected chi connectivity index (χ4v) is 3.43. The first-order valence-corrected chi connectivity index (χ1v) is 9.60. The van der Waals surface area contributed by atoms with Crippen molar-refractivity contribution in [2.75, 3.05) is 13.1 Å². The number of carbonyl (C=O) groups is 1. The summed E-state index contributed by atoms with van der Waals surface area (Å²) in [5.74, 6) is -0.620. The normalized spacial score (nSPS) is 11.9. The number of nitro groups is 1. The summed E-state index contributed by atoms with van der Waals surface area (Å²) in [6, 6.07) is 13.0. The van der Waals surface area contributed by atoms with Gasteiger partial charge in [0.2, 0.25) is 5.91 Å². The Morgan fingerprint density at radius 1 is 0.967 bits per heavy atom. The largest absolute Gasteiger partial charge is 0.368 e. The molecule has 1 amide bonds. The van der Waals surface area contributed by atoms with Gasteiger partial charge in [0, 0.05) is 43.9 Å². The smallest absolute Gasteiger partial charge is 0.274 e. The molecule has 0 aliphatic rings. The molecule has 1 aromatic carbocycles. The van der Waals surface area contributed by atoms with Crippen LogP contribution in [0.4, 0.5) is 5.69 Å². The Hall–Kier alpha value is -3.65. The van der Waals surface area contributed by atoms with Crippen LogP contribution >= 0.6 is 0 Å². The molecule has 0 aliphatic carbocycles. The van der Waals surface area contributed by atoms with E-state index >= 15 is 0 Å². The minimum absolute atomic E-state index is 0.114. The summed E-state index contributed by atoms with van der Waals surface area (Å²) in [5.41, 5.74) is 8.01. The van der Waals surface area contributed by atoms with Crippen LogP contribution < -0.4 is 5.73 Å². The molecule has 2 aromatic heterocycles. The number of amides is 1. The van der Waals surface area contributed by atoms with E-state index in [-0.39, 0.29) is 5.69 Å². The highest BCUT2D eigenvalue weighted by molar-refractivity contribution is 5.82. The number of nitro benzene ring substituents is 1. The van der Waals surface area contributed by atoms with Crippen molar-refractivity contribution < 1.29 is 9.72 Å². The average molecular weight is 405 g/mol. The molecule has 2 heterocycles. The van der Waals surface area contributed by atoms with Gasteiger partial charge in [-0.15, -0.1) is 0 Å². The Kier molecular flexibility index (Phi) is 7.18. The van der Waals surface area contributed by atoms with Gasteiger partial charge in [-0.25, -0.2) is 0 Å². The summed E-state index contributed by atoms with van der Waals surface area (Å²) in [4.78, 5) is 33.6. The SMILES string of the molecule is NC(=O)C(c1ccccc1[N+](=O)[O-])N(CCc1ccncc1)CCc1cccnc1. The number of nitrogens with two attached hydrogens (primary N) is 1. The number of hydrogen-bond donors (Lipinski definition) is 1. The molecule has 2 N–H and O–H groups in total. The van der Waals surface area contributed by atoms with Gasteiger partial charge >= 0.3 is 0 Å². The van der Waals surface area contributed by atoms with Crippen molar-refractivity contribution in [2.24, 2.45) is 5.73 Å². The molecule has 0 fully saturated rings. The van der Waals surface area contributed by atoms with Crippen LogP contribution in [0.1, 0.15) is 22.7 Å². The van der Waals surface area contributed by atoms with Gasteiger partial charge in [0.15, 0.2) is 0 Å². The zero-order chi connectivity index (χ0) is 21.3. The van der Waals surface area contributed by atoms with E-state index in [1.807, 2.05) is 29.2 Å². The van der Waals surface area contributed by atoms with E-state index in [0.29, 0.717) is 31.5 Å². The first kappa shape index (κ1) is 21.1. The minimum atomic E-state index is -0.912. The van der Waals surface area contributed by atoms with Crippen molar-refractivity contribution in [1.29, 1.82) is 0 Å². The van der Waals surface area contributed by atoms with Gasteiger partial charge in [-0.05, 0) is 42.2 Å². The predicted molar refractivity (Wildman–Crippen MR) is 112 cm³/mol. The van der Waals surface area contributed by atoms with Crippen LogP contribution in [-0.4, -0.2) is 38.8 Å². The maximum atomic E-state index is 12.5. The number of benzene rings is 1. The Bertz CT molecular complexity index is 939. The Morgan fingerprint density at radius 3 is 2.30 bits per heavy atom. The minimum Gasteiger partial charge on any atom is -0.368 e. The van der Waals surface area contributed by atoms with E-state index < -0.39 is 16.9 Å². The fraction of sp³-hybridized carbons (Fsp3) is 0.227. The van der Waals surface area contributed by atoms with Crippen LogP contribution in [0.25, 0.3) is 0 Å². The lowest BCUT2D eigenvalue weighted by Crippen LogP contribution is -2.40. The van der Waals surface area contributed by atoms with Crippen LogP contribution in [0.5, 0.6) is 0 Å². The summed E-state index contributed by atoms with van der Waals surface area (Å²) in [5, 5.41) is 11.5. The van der Waals surface area contributed by atoms with E-state index in [4.69, 9.17) is 5.73 Å². The highest BCUT2D eigenvalue weighted by atomic mass is 16.6. The number of hydrogen-bond acceptors (Lipinski definition) is 6. The van der Waals surface area contributed by atoms with E-state index in [1.165, 1.54) is 6.07 Å². The Morgan fingerprint density at radius 2 is 1.67 bits per heavy atom. The molecular weight excluding hydrogens is 382 g/mol. The lowest BCUT2D eigenvalue weighted by atomic mass is 10.0. The number of para-hydroxylation sites is 1. The molecule has 8 nitrogen and oxygen atoms in total. The second-order valence-electron chi connectivity index (χ2n) is 6.87. The topological polar surface area (TPSA) is 115 Å². The summed E-state index contributed by atoms with van der Waals surface area (Å²) in [7, 11) is 0.